The number of rotatable bonds is 3. The zero-order valence-electron chi connectivity index (χ0n) is 37.3. The summed E-state index contributed by atoms with van der Waals surface area (Å²) in [7, 11) is 0. The monoisotopic (exact) mass is 907 g/mol. The summed E-state index contributed by atoms with van der Waals surface area (Å²) in [5.41, 5.74) is 6.02. The van der Waals surface area contributed by atoms with E-state index in [4.69, 9.17) is 24.7 Å². The van der Waals surface area contributed by atoms with Gasteiger partial charge in [0.05, 0.1) is 73.5 Å². The number of cyclic esters (lactones) is 1. The molecule has 0 saturated carbocycles. The molecule has 3 aliphatic rings. The molecule has 0 aromatic rings. The van der Waals surface area contributed by atoms with E-state index in [9.17, 15) is 60.7 Å². The van der Waals surface area contributed by atoms with Gasteiger partial charge >= 0.3 is 11.9 Å². The van der Waals surface area contributed by atoms with Crippen LogP contribution in [0.25, 0.3) is 0 Å². The van der Waals surface area contributed by atoms with Crippen LogP contribution in [0, 0.1) is 17.8 Å². The molecule has 2 saturated heterocycles. The minimum Gasteiger partial charge on any atom is -0.481 e. The smallest absolute Gasteiger partial charge is 0.311 e. The Balaban J connectivity index is 1.83. The summed E-state index contributed by atoms with van der Waals surface area (Å²) in [6, 6.07) is -1.13. The second kappa shape index (κ2) is 27.3. The quantitative estimate of drug-likeness (QED) is 0.180. The van der Waals surface area contributed by atoms with Gasteiger partial charge in [-0.3, -0.25) is 9.59 Å². The number of hydrogen-bond acceptors (Lipinski definition) is 16. The summed E-state index contributed by atoms with van der Waals surface area (Å²) in [6.07, 6.45) is 7.91. The summed E-state index contributed by atoms with van der Waals surface area (Å²) in [6.45, 7) is 6.82. The van der Waals surface area contributed by atoms with E-state index < -0.39 is 128 Å². The van der Waals surface area contributed by atoms with Crippen molar-refractivity contribution in [3.05, 3.63) is 85.1 Å². The molecular weight excluding hydrogens is 835 g/mol. The first-order valence-corrected chi connectivity index (χ1v) is 22.2. The summed E-state index contributed by atoms with van der Waals surface area (Å²) >= 11 is 0. The number of carboxylic acid groups (broad SMARTS) is 1. The van der Waals surface area contributed by atoms with Gasteiger partial charge in [0.2, 0.25) is 0 Å². The van der Waals surface area contributed by atoms with E-state index in [1.54, 1.807) is 69.4 Å². The normalized spacial score (nSPS) is 44.8. The Bertz CT molecular complexity index is 1630. The first-order valence-electron chi connectivity index (χ1n) is 22.2. The third-order valence-electron chi connectivity index (χ3n) is 11.9. The van der Waals surface area contributed by atoms with E-state index in [1.807, 2.05) is 43.4 Å². The minimum absolute atomic E-state index is 0.0331. The van der Waals surface area contributed by atoms with Crippen LogP contribution < -0.4 is 5.73 Å². The Morgan fingerprint density at radius 1 is 0.672 bits per heavy atom. The highest BCUT2D eigenvalue weighted by Gasteiger charge is 2.50. The number of aliphatic hydroxyl groups excluding tert-OH is 8. The Morgan fingerprint density at radius 2 is 1.20 bits per heavy atom. The van der Waals surface area contributed by atoms with E-state index in [-0.39, 0.29) is 50.9 Å². The highest BCUT2D eigenvalue weighted by molar-refractivity contribution is 5.71. The Labute approximate surface area is 376 Å². The molecule has 0 spiro atoms. The number of esters is 1. The van der Waals surface area contributed by atoms with Crippen molar-refractivity contribution in [1.29, 1.82) is 0 Å². The molecular formula is C47H73NO16. The van der Waals surface area contributed by atoms with Crippen LogP contribution in [0.2, 0.25) is 0 Å². The van der Waals surface area contributed by atoms with Crippen molar-refractivity contribution in [2.75, 3.05) is 0 Å². The van der Waals surface area contributed by atoms with Gasteiger partial charge < -0.3 is 75.7 Å². The molecule has 0 aromatic heterocycles. The zero-order chi connectivity index (χ0) is 47.6. The van der Waals surface area contributed by atoms with Gasteiger partial charge in [-0.2, -0.15) is 0 Å². The van der Waals surface area contributed by atoms with Crippen molar-refractivity contribution in [2.45, 2.75) is 177 Å². The molecule has 0 aromatic carbocycles. The SMILES string of the molecule is CC1OC(O[C@H]2/C=C/C=C/C=C/C=C/C=C/C=C/C=C/[C@H](C)[C@@H](O)[C@@H](C)[C@H](C)OC(=O)C[C@H](O)C[C@H](O)CC[C@@H](O)CC[C@H](O)C[C@]3(O)C[C@H](O)[C@@H](C(=O)O)C(C2)O3)C(O)C(N)C1O. The minimum atomic E-state index is -2.20. The maximum atomic E-state index is 12.6. The molecule has 2 fully saturated rings. The van der Waals surface area contributed by atoms with Crippen molar-refractivity contribution in [3.8, 4) is 0 Å². The fraction of sp³-hybridized carbons (Fsp3) is 0.660. The Kier molecular flexibility index (Phi) is 23.4. The summed E-state index contributed by atoms with van der Waals surface area (Å²) in [5, 5.41) is 107. The van der Waals surface area contributed by atoms with E-state index in [0.29, 0.717) is 0 Å². The summed E-state index contributed by atoms with van der Waals surface area (Å²) < 4.78 is 23.2. The van der Waals surface area contributed by atoms with Gasteiger partial charge in [-0.15, -0.1) is 0 Å². The van der Waals surface area contributed by atoms with Gasteiger partial charge in [0.1, 0.15) is 18.1 Å². The largest absolute Gasteiger partial charge is 0.481 e. The van der Waals surface area contributed by atoms with Gasteiger partial charge in [-0.25, -0.2) is 0 Å². The van der Waals surface area contributed by atoms with Gasteiger partial charge in [-0.1, -0.05) is 98.9 Å². The van der Waals surface area contributed by atoms with E-state index in [1.165, 1.54) is 0 Å². The Hall–Kier alpha value is -3.40. The number of allylic oxidation sites excluding steroid dienone is 12. The number of carbonyl (C=O) groups excluding carboxylic acids is 1. The highest BCUT2D eigenvalue weighted by Crippen LogP contribution is 2.38. The molecule has 12 N–H and O–H groups in total. The maximum absolute atomic E-state index is 12.6. The summed E-state index contributed by atoms with van der Waals surface area (Å²) in [5.74, 6) is -6.52. The van der Waals surface area contributed by atoms with Crippen LogP contribution in [0.1, 0.15) is 85.5 Å². The second-order valence-corrected chi connectivity index (χ2v) is 17.4. The van der Waals surface area contributed by atoms with Gasteiger partial charge in [0.15, 0.2) is 12.1 Å². The van der Waals surface area contributed by atoms with Crippen LogP contribution in [0.4, 0.5) is 0 Å². The lowest BCUT2D eigenvalue weighted by molar-refractivity contribution is -0.308. The van der Waals surface area contributed by atoms with Crippen molar-refractivity contribution in [1.82, 2.24) is 0 Å². The van der Waals surface area contributed by atoms with Crippen LogP contribution in [0.3, 0.4) is 0 Å². The van der Waals surface area contributed by atoms with E-state index in [0.717, 1.165) is 0 Å². The average Bonchev–Trinajstić information content (AvgIpc) is 3.21. The molecule has 2 bridgehead atoms. The van der Waals surface area contributed by atoms with Crippen LogP contribution >= 0.6 is 0 Å². The lowest BCUT2D eigenvalue weighted by Crippen LogP contribution is -2.61. The highest BCUT2D eigenvalue weighted by atomic mass is 16.7. The third kappa shape index (κ3) is 18.5. The molecule has 17 heteroatoms. The predicted octanol–water partition coefficient (Wildman–Crippen LogP) is 1.74. The van der Waals surface area contributed by atoms with Gasteiger partial charge in [0, 0.05) is 31.1 Å². The number of nitrogens with two attached hydrogens (primary N) is 1. The lowest BCUT2D eigenvalue weighted by atomic mass is 9.83. The number of aliphatic hydroxyl groups is 9. The molecule has 362 valence electrons. The fourth-order valence-corrected chi connectivity index (χ4v) is 7.91. The standard InChI is InChI=1S/C47H73NO16/c1-28-17-15-13-11-9-7-5-6-8-10-12-14-16-18-36(63-46-44(57)41(48)43(56)31(4)62-46)25-38-40(45(58)59)37(53)27-47(60,64-38)26-34(51)22-20-32(49)19-21-33(50)23-35(52)24-39(54)61-30(3)29(2)42(28)55/h5-18,28-38,40-44,46,49-53,55-57,60H,19-27,48H2,1-4H3,(H,58,59)/b6-5+,9-7+,10-8+,13-11+,14-12+,17-15+,18-16+/t28-,29-,30-,31?,32+,33+,34-,35+,36-,37-,38?,40+,41?,42+,43?,44?,46?,47+/m0/s1. The first-order chi connectivity index (χ1) is 30.2. The topological polar surface area (TPSA) is 299 Å². The number of fused-ring (bicyclic) bond motifs is 2. The van der Waals surface area contributed by atoms with Gasteiger partial charge in [0.25, 0.3) is 0 Å². The number of ether oxygens (including phenoxy) is 4. The molecule has 3 rings (SSSR count). The van der Waals surface area contributed by atoms with Crippen LogP contribution in [-0.4, -0.2) is 154 Å². The molecule has 64 heavy (non-hydrogen) atoms. The third-order valence-corrected chi connectivity index (χ3v) is 11.9. The molecule has 3 heterocycles. The number of hydrogen-bond donors (Lipinski definition) is 11. The molecule has 6 unspecified atom stereocenters. The summed E-state index contributed by atoms with van der Waals surface area (Å²) in [4.78, 5) is 25.1. The predicted molar refractivity (Wildman–Crippen MR) is 236 cm³/mol. The van der Waals surface area contributed by atoms with Crippen LogP contribution in [0.5, 0.6) is 0 Å². The van der Waals surface area contributed by atoms with Crippen LogP contribution in [0.15, 0.2) is 85.1 Å². The molecule has 3 aliphatic heterocycles. The zero-order valence-corrected chi connectivity index (χ0v) is 37.3. The molecule has 0 amide bonds. The first kappa shape index (κ1) is 54.9. The maximum Gasteiger partial charge on any atom is 0.311 e. The van der Waals surface area contributed by atoms with Crippen molar-refractivity contribution >= 4 is 11.9 Å². The molecule has 18 atom stereocenters. The molecule has 17 nitrogen and oxygen atoms in total. The van der Waals surface area contributed by atoms with E-state index >= 15 is 0 Å². The van der Waals surface area contributed by atoms with Gasteiger partial charge in [-0.05, 0) is 46.0 Å². The number of carboxylic acids is 1. The average molecular weight is 908 g/mol. The van der Waals surface area contributed by atoms with Crippen LogP contribution in [-0.2, 0) is 28.5 Å². The second-order valence-electron chi connectivity index (χ2n) is 17.4. The van der Waals surface area contributed by atoms with Crippen molar-refractivity contribution < 1.29 is 79.6 Å². The number of carbonyl (C=O) groups is 2. The van der Waals surface area contributed by atoms with Crippen molar-refractivity contribution in [2.24, 2.45) is 23.5 Å². The van der Waals surface area contributed by atoms with Crippen molar-refractivity contribution in [3.63, 3.8) is 0 Å². The fourth-order valence-electron chi connectivity index (χ4n) is 7.91. The lowest BCUT2D eigenvalue weighted by Gasteiger charge is -2.45. The number of aliphatic carboxylic acids is 1. The Morgan fingerprint density at radius 3 is 1.78 bits per heavy atom. The molecule has 0 radical (unpaired) electrons. The molecule has 0 aliphatic carbocycles. The van der Waals surface area contributed by atoms with E-state index in [2.05, 4.69) is 0 Å².